The zero-order chi connectivity index (χ0) is 9.90. The van der Waals surface area contributed by atoms with E-state index in [0.717, 1.165) is 11.5 Å². The molecule has 0 aliphatic carbocycles. The molecule has 0 saturated heterocycles. The van der Waals surface area contributed by atoms with Gasteiger partial charge in [-0.05, 0) is 13.8 Å². The highest BCUT2D eigenvalue weighted by Crippen LogP contribution is 2.23. The van der Waals surface area contributed by atoms with Crippen LogP contribution in [0.3, 0.4) is 0 Å². The monoisotopic (exact) mass is 236 g/mol. The molecule has 5 heteroatoms. The summed E-state index contributed by atoms with van der Waals surface area (Å²) in [5.41, 5.74) is 5.75. The van der Waals surface area contributed by atoms with Crippen LogP contribution >= 0.6 is 34.7 Å². The molecular weight excluding hydrogens is 224 g/mol. The Kier molecular flexibility index (Phi) is 4.04. The smallest absolute Gasteiger partial charge is 0.183 e. The molecule has 1 rings (SSSR count). The van der Waals surface area contributed by atoms with Gasteiger partial charge in [-0.3, -0.25) is 0 Å². The molecule has 0 aliphatic rings. The van der Waals surface area contributed by atoms with Crippen molar-refractivity contribution in [1.29, 1.82) is 0 Å². The molecule has 0 spiro atoms. The predicted molar refractivity (Wildman–Crippen MR) is 61.6 cm³/mol. The second kappa shape index (κ2) is 4.64. The van der Waals surface area contributed by atoms with Crippen LogP contribution in [-0.2, 0) is 5.75 Å². The van der Waals surface area contributed by atoms with E-state index in [2.05, 4.69) is 4.98 Å². The second-order valence-electron chi connectivity index (χ2n) is 3.56. The van der Waals surface area contributed by atoms with Crippen LogP contribution in [-0.4, -0.2) is 16.3 Å². The van der Waals surface area contributed by atoms with Crippen molar-refractivity contribution < 1.29 is 0 Å². The van der Waals surface area contributed by atoms with E-state index >= 15 is 0 Å². The summed E-state index contributed by atoms with van der Waals surface area (Å²) in [5.74, 6) is 1.90. The third kappa shape index (κ3) is 4.86. The molecule has 0 fully saturated rings. The normalized spacial score (nSPS) is 12.0. The van der Waals surface area contributed by atoms with Crippen LogP contribution < -0.4 is 5.73 Å². The molecule has 0 amide bonds. The van der Waals surface area contributed by atoms with Gasteiger partial charge in [0.15, 0.2) is 4.47 Å². The first-order valence-corrected chi connectivity index (χ1v) is 6.29. The Morgan fingerprint density at radius 3 is 2.85 bits per heavy atom. The number of hydrogen-bond acceptors (Lipinski definition) is 4. The number of nitrogens with two attached hydrogens (primary N) is 1. The Morgan fingerprint density at radius 2 is 2.38 bits per heavy atom. The minimum atomic E-state index is -0.0981. The van der Waals surface area contributed by atoms with E-state index in [9.17, 15) is 0 Å². The van der Waals surface area contributed by atoms with Gasteiger partial charge < -0.3 is 5.73 Å². The van der Waals surface area contributed by atoms with E-state index in [1.165, 1.54) is 16.2 Å². The fourth-order valence-corrected chi connectivity index (χ4v) is 2.93. The molecule has 0 bridgehead atoms. The van der Waals surface area contributed by atoms with Gasteiger partial charge in [-0.1, -0.05) is 11.6 Å². The summed E-state index contributed by atoms with van der Waals surface area (Å²) < 4.78 is 0.614. The maximum absolute atomic E-state index is 5.85. The van der Waals surface area contributed by atoms with Crippen LogP contribution in [0.15, 0.2) is 6.20 Å². The largest absolute Gasteiger partial charge is 0.325 e. The van der Waals surface area contributed by atoms with Crippen molar-refractivity contribution in [1.82, 2.24) is 4.98 Å². The molecule has 1 aromatic heterocycles. The lowest BCUT2D eigenvalue weighted by Gasteiger charge is -2.16. The molecule has 1 heterocycles. The molecule has 0 radical (unpaired) electrons. The van der Waals surface area contributed by atoms with Crippen LogP contribution in [0.4, 0.5) is 0 Å². The van der Waals surface area contributed by atoms with Crippen molar-refractivity contribution in [3.8, 4) is 0 Å². The van der Waals surface area contributed by atoms with Gasteiger partial charge in [-0.2, -0.15) is 11.8 Å². The van der Waals surface area contributed by atoms with Gasteiger partial charge in [0.2, 0.25) is 0 Å². The van der Waals surface area contributed by atoms with Gasteiger partial charge >= 0.3 is 0 Å². The van der Waals surface area contributed by atoms with E-state index in [4.69, 9.17) is 17.3 Å². The van der Waals surface area contributed by atoms with Crippen LogP contribution in [0.2, 0.25) is 4.47 Å². The Hall–Kier alpha value is 0.230. The standard InChI is InChI=1S/C8H13ClN2S2/c1-8(2,10)5-12-4-6-3-11-7(9)13-6/h3H,4-5,10H2,1-2H3. The maximum Gasteiger partial charge on any atom is 0.183 e. The van der Waals surface area contributed by atoms with Gasteiger partial charge in [-0.25, -0.2) is 4.98 Å². The molecule has 0 aromatic carbocycles. The van der Waals surface area contributed by atoms with Crippen molar-refractivity contribution in [3.63, 3.8) is 0 Å². The summed E-state index contributed by atoms with van der Waals surface area (Å²) in [6.45, 7) is 4.05. The zero-order valence-electron chi connectivity index (χ0n) is 7.71. The Labute approximate surface area is 91.9 Å². The van der Waals surface area contributed by atoms with Crippen molar-refractivity contribution in [3.05, 3.63) is 15.5 Å². The molecule has 2 nitrogen and oxygen atoms in total. The summed E-state index contributed by atoms with van der Waals surface area (Å²) in [4.78, 5) is 5.18. The highest BCUT2D eigenvalue weighted by molar-refractivity contribution is 7.98. The second-order valence-corrected chi connectivity index (χ2v) is 6.24. The van der Waals surface area contributed by atoms with Crippen LogP contribution in [0, 0.1) is 0 Å². The number of rotatable bonds is 4. The fourth-order valence-electron chi connectivity index (χ4n) is 0.765. The highest BCUT2D eigenvalue weighted by atomic mass is 35.5. The molecule has 0 unspecified atom stereocenters. The van der Waals surface area contributed by atoms with Crippen LogP contribution in [0.5, 0.6) is 0 Å². The molecule has 1 aromatic rings. The molecule has 13 heavy (non-hydrogen) atoms. The van der Waals surface area contributed by atoms with Gasteiger partial charge in [0.25, 0.3) is 0 Å². The summed E-state index contributed by atoms with van der Waals surface area (Å²) in [5, 5.41) is 0. The summed E-state index contributed by atoms with van der Waals surface area (Å²) >= 11 is 9.05. The number of nitrogens with zero attached hydrogens (tertiary/aromatic N) is 1. The fraction of sp³-hybridized carbons (Fsp3) is 0.625. The summed E-state index contributed by atoms with van der Waals surface area (Å²) in [6.07, 6.45) is 1.82. The lowest BCUT2D eigenvalue weighted by Crippen LogP contribution is -2.34. The molecule has 74 valence electrons. The van der Waals surface area contributed by atoms with Gasteiger partial charge in [0.1, 0.15) is 0 Å². The average Bonchev–Trinajstić information content (AvgIpc) is 2.33. The predicted octanol–water partition coefficient (Wildman–Crippen LogP) is 2.77. The SMILES string of the molecule is CC(C)(N)CSCc1cnc(Cl)s1. The molecule has 0 atom stereocenters. The Balaban J connectivity index is 2.28. The Morgan fingerprint density at radius 1 is 1.69 bits per heavy atom. The van der Waals surface area contributed by atoms with Crippen molar-refractivity contribution in [2.75, 3.05) is 5.75 Å². The lowest BCUT2D eigenvalue weighted by atomic mass is 10.1. The van der Waals surface area contributed by atoms with E-state index in [0.29, 0.717) is 4.47 Å². The molecular formula is C8H13ClN2S2. The van der Waals surface area contributed by atoms with Crippen molar-refractivity contribution in [2.45, 2.75) is 25.1 Å². The number of hydrogen-bond donors (Lipinski definition) is 1. The molecule has 2 N–H and O–H groups in total. The molecule has 0 aliphatic heterocycles. The molecule has 0 saturated carbocycles. The van der Waals surface area contributed by atoms with Crippen LogP contribution in [0.25, 0.3) is 0 Å². The highest BCUT2D eigenvalue weighted by Gasteiger charge is 2.10. The van der Waals surface area contributed by atoms with Crippen molar-refractivity contribution >= 4 is 34.7 Å². The summed E-state index contributed by atoms with van der Waals surface area (Å²) in [7, 11) is 0. The minimum Gasteiger partial charge on any atom is -0.325 e. The van der Waals surface area contributed by atoms with E-state index in [1.54, 1.807) is 0 Å². The number of aromatic nitrogens is 1. The zero-order valence-corrected chi connectivity index (χ0v) is 10.1. The van der Waals surface area contributed by atoms with Gasteiger partial charge in [0, 0.05) is 28.1 Å². The van der Waals surface area contributed by atoms with E-state index in [-0.39, 0.29) is 5.54 Å². The third-order valence-corrected chi connectivity index (χ3v) is 4.00. The average molecular weight is 237 g/mol. The topological polar surface area (TPSA) is 38.9 Å². The number of thiazole rings is 1. The lowest BCUT2D eigenvalue weighted by molar-refractivity contribution is 0.591. The quantitative estimate of drug-likeness (QED) is 0.874. The number of halogens is 1. The maximum atomic E-state index is 5.85. The first-order valence-electron chi connectivity index (χ1n) is 3.94. The van der Waals surface area contributed by atoms with Gasteiger partial charge in [0.05, 0.1) is 0 Å². The van der Waals surface area contributed by atoms with Crippen molar-refractivity contribution in [2.24, 2.45) is 5.73 Å². The van der Waals surface area contributed by atoms with E-state index in [1.807, 2.05) is 31.8 Å². The first-order chi connectivity index (χ1) is 5.97. The third-order valence-electron chi connectivity index (χ3n) is 1.24. The Bertz CT molecular complexity index is 267. The van der Waals surface area contributed by atoms with Gasteiger partial charge in [-0.15, -0.1) is 11.3 Å². The van der Waals surface area contributed by atoms with Crippen LogP contribution in [0.1, 0.15) is 18.7 Å². The first kappa shape index (κ1) is 11.3. The van der Waals surface area contributed by atoms with E-state index < -0.39 is 0 Å². The minimum absolute atomic E-state index is 0.0981. The summed E-state index contributed by atoms with van der Waals surface area (Å²) in [6, 6.07) is 0. The number of thioether (sulfide) groups is 1.